The molecule has 1 atom stereocenters. The molecule has 1 aliphatic rings. The summed E-state index contributed by atoms with van der Waals surface area (Å²) in [5, 5.41) is 3.01. The molecule has 25 heavy (non-hydrogen) atoms. The molecule has 1 aromatic heterocycles. The summed E-state index contributed by atoms with van der Waals surface area (Å²) < 4.78 is 11.2. The summed E-state index contributed by atoms with van der Waals surface area (Å²) in [6.45, 7) is 7.33. The van der Waals surface area contributed by atoms with E-state index in [9.17, 15) is 9.59 Å². The largest absolute Gasteiger partial charge is 0.447 e. The third-order valence-corrected chi connectivity index (χ3v) is 4.39. The maximum absolute atomic E-state index is 12.4. The van der Waals surface area contributed by atoms with E-state index in [-0.39, 0.29) is 18.1 Å². The maximum Gasteiger partial charge on any atom is 0.397 e. The van der Waals surface area contributed by atoms with Gasteiger partial charge in [0.2, 0.25) is 5.91 Å². The van der Waals surface area contributed by atoms with Crippen LogP contribution in [0.15, 0.2) is 34.0 Å². The highest BCUT2D eigenvalue weighted by Gasteiger charge is 2.33. The summed E-state index contributed by atoms with van der Waals surface area (Å²) in [6, 6.07) is 3.45. The summed E-state index contributed by atoms with van der Waals surface area (Å²) in [6.07, 6.45) is 5.26. The number of benzene rings is 1. The molecule has 0 aliphatic heterocycles. The van der Waals surface area contributed by atoms with Crippen molar-refractivity contribution in [1.82, 2.24) is 4.98 Å². The lowest BCUT2D eigenvalue weighted by molar-refractivity contribution is -0.111. The van der Waals surface area contributed by atoms with Gasteiger partial charge in [0, 0.05) is 0 Å². The zero-order chi connectivity index (χ0) is 18.0. The molecule has 6 heteroatoms. The van der Waals surface area contributed by atoms with Crippen LogP contribution in [0.3, 0.4) is 0 Å². The van der Waals surface area contributed by atoms with Crippen LogP contribution in [0.1, 0.15) is 38.2 Å². The van der Waals surface area contributed by atoms with E-state index in [0.29, 0.717) is 22.5 Å². The van der Waals surface area contributed by atoms with Gasteiger partial charge < -0.3 is 14.5 Å². The lowest BCUT2D eigenvalue weighted by atomic mass is 10.1. The van der Waals surface area contributed by atoms with Crippen LogP contribution in [-0.4, -0.2) is 17.0 Å². The van der Waals surface area contributed by atoms with Crippen LogP contribution in [-0.2, 0) is 4.79 Å². The molecular formula is C19H22N2O4. The van der Waals surface area contributed by atoms with Gasteiger partial charge in [-0.05, 0) is 49.8 Å². The second-order valence-corrected chi connectivity index (χ2v) is 6.40. The van der Waals surface area contributed by atoms with E-state index in [0.717, 1.165) is 31.2 Å². The molecule has 2 aromatic rings. The van der Waals surface area contributed by atoms with Gasteiger partial charge in [-0.3, -0.25) is 4.79 Å². The molecule has 0 spiro atoms. The molecule has 1 N–H and O–H groups in total. The Morgan fingerprint density at radius 3 is 2.92 bits per heavy atom. The number of aryl methyl sites for hydroxylation is 1. The van der Waals surface area contributed by atoms with Gasteiger partial charge in [-0.25, -0.2) is 4.79 Å². The van der Waals surface area contributed by atoms with Gasteiger partial charge in [-0.15, -0.1) is 0 Å². The quantitative estimate of drug-likeness (QED) is 0.778. The fourth-order valence-corrected chi connectivity index (χ4v) is 2.92. The fraction of sp³-hybridized carbons (Fsp3) is 0.421. The predicted octanol–water partition coefficient (Wildman–Crippen LogP) is 3.58. The van der Waals surface area contributed by atoms with E-state index in [1.54, 1.807) is 19.1 Å². The number of aromatic nitrogens is 1. The third-order valence-electron chi connectivity index (χ3n) is 4.39. The van der Waals surface area contributed by atoms with Gasteiger partial charge in [0.15, 0.2) is 0 Å². The minimum absolute atomic E-state index is 0.00845. The average Bonchev–Trinajstić information content (AvgIpc) is 3.41. The molecule has 1 aliphatic carbocycles. The Bertz CT molecular complexity index is 868. The zero-order valence-corrected chi connectivity index (χ0v) is 14.5. The fourth-order valence-electron chi connectivity index (χ4n) is 2.92. The van der Waals surface area contributed by atoms with Gasteiger partial charge in [0.05, 0.1) is 11.1 Å². The number of nitrogens with one attached hydrogen (secondary N) is 1. The summed E-state index contributed by atoms with van der Waals surface area (Å²) >= 11 is 0. The first kappa shape index (κ1) is 17.2. The van der Waals surface area contributed by atoms with Crippen molar-refractivity contribution < 1.29 is 13.9 Å². The summed E-state index contributed by atoms with van der Waals surface area (Å²) in [5.74, 6) is 0.129. The molecule has 1 saturated carbocycles. The Morgan fingerprint density at radius 1 is 1.52 bits per heavy atom. The van der Waals surface area contributed by atoms with Gasteiger partial charge in [-0.2, -0.15) is 4.98 Å². The molecule has 3 rings (SSSR count). The molecule has 1 unspecified atom stereocenters. The summed E-state index contributed by atoms with van der Waals surface area (Å²) in [4.78, 5) is 28.5. The van der Waals surface area contributed by atoms with E-state index in [1.165, 1.54) is 6.08 Å². The van der Waals surface area contributed by atoms with E-state index >= 15 is 0 Å². The zero-order valence-electron chi connectivity index (χ0n) is 14.5. The minimum atomic E-state index is -0.516. The number of carbonyl (C=O) groups excluding carboxylic acids is 1. The maximum atomic E-state index is 12.4. The van der Waals surface area contributed by atoms with E-state index in [2.05, 4.69) is 23.8 Å². The van der Waals surface area contributed by atoms with Crippen molar-refractivity contribution in [3.8, 4) is 6.08 Å². The Kier molecular flexibility index (Phi) is 4.88. The summed E-state index contributed by atoms with van der Waals surface area (Å²) in [5.41, 5.74) is 1.01. The Labute approximate surface area is 145 Å². The molecule has 1 amide bonds. The number of hydrogen-bond acceptors (Lipinski definition) is 5. The monoisotopic (exact) mass is 342 g/mol. The normalized spacial score (nSPS) is 15.0. The van der Waals surface area contributed by atoms with Crippen LogP contribution < -0.4 is 15.7 Å². The van der Waals surface area contributed by atoms with Gasteiger partial charge >= 0.3 is 11.7 Å². The van der Waals surface area contributed by atoms with Gasteiger partial charge in [0.1, 0.15) is 11.6 Å². The van der Waals surface area contributed by atoms with Crippen LogP contribution in [0.25, 0.3) is 10.9 Å². The van der Waals surface area contributed by atoms with Gasteiger partial charge in [0.25, 0.3) is 0 Å². The first-order valence-corrected chi connectivity index (χ1v) is 8.58. The molecule has 132 valence electrons. The smallest absolute Gasteiger partial charge is 0.397 e. The topological polar surface area (TPSA) is 81.4 Å². The van der Waals surface area contributed by atoms with Crippen LogP contribution in [0.2, 0.25) is 0 Å². The molecule has 0 bridgehead atoms. The Morgan fingerprint density at radius 2 is 2.28 bits per heavy atom. The average molecular weight is 342 g/mol. The number of amides is 1. The first-order valence-electron chi connectivity index (χ1n) is 8.58. The van der Waals surface area contributed by atoms with Gasteiger partial charge in [-0.1, -0.05) is 26.0 Å². The third kappa shape index (κ3) is 3.73. The predicted molar refractivity (Wildman–Crippen MR) is 95.9 cm³/mol. The lowest BCUT2D eigenvalue weighted by Gasteiger charge is -2.16. The van der Waals surface area contributed by atoms with Crippen LogP contribution >= 0.6 is 0 Å². The highest BCUT2D eigenvalue weighted by Crippen LogP contribution is 2.37. The standard InChI is InChI=1S/C19H22N2O4/c1-4-6-14(12-8-9-12)24-19-21-17-13(20-15(22)5-2)10-7-11(3)16(17)18(23)25-19/h5,7,10,12,14H,2,4,6,8-9H2,1,3H3,(H,20,22). The van der Waals surface area contributed by atoms with Crippen molar-refractivity contribution in [2.75, 3.05) is 5.32 Å². The molecule has 1 aromatic carbocycles. The van der Waals surface area contributed by atoms with E-state index in [4.69, 9.17) is 9.15 Å². The number of nitrogens with zero attached hydrogens (tertiary/aromatic N) is 1. The Balaban J connectivity index is 2.03. The van der Waals surface area contributed by atoms with E-state index in [1.807, 2.05) is 0 Å². The number of hydrogen-bond donors (Lipinski definition) is 1. The van der Waals surface area contributed by atoms with Crippen molar-refractivity contribution in [3.05, 3.63) is 40.8 Å². The number of anilines is 1. The highest BCUT2D eigenvalue weighted by atomic mass is 16.6. The van der Waals surface area contributed by atoms with Crippen molar-refractivity contribution in [3.63, 3.8) is 0 Å². The van der Waals surface area contributed by atoms with Crippen molar-refractivity contribution in [2.45, 2.75) is 45.6 Å². The molecular weight excluding hydrogens is 320 g/mol. The van der Waals surface area contributed by atoms with Crippen molar-refractivity contribution in [2.24, 2.45) is 5.92 Å². The second-order valence-electron chi connectivity index (χ2n) is 6.40. The second kappa shape index (κ2) is 7.09. The number of rotatable bonds is 7. The van der Waals surface area contributed by atoms with E-state index < -0.39 is 5.63 Å². The molecule has 1 fully saturated rings. The molecule has 1 heterocycles. The molecule has 0 saturated heterocycles. The highest BCUT2D eigenvalue weighted by molar-refractivity contribution is 6.05. The molecule has 6 nitrogen and oxygen atoms in total. The Hall–Kier alpha value is -2.63. The lowest BCUT2D eigenvalue weighted by Crippen LogP contribution is -2.20. The van der Waals surface area contributed by atoms with Crippen LogP contribution in [0, 0.1) is 12.8 Å². The minimum Gasteiger partial charge on any atom is -0.447 e. The number of fused-ring (bicyclic) bond motifs is 1. The van der Waals surface area contributed by atoms with Crippen molar-refractivity contribution in [1.29, 1.82) is 0 Å². The first-order chi connectivity index (χ1) is 12.0. The summed E-state index contributed by atoms with van der Waals surface area (Å²) in [7, 11) is 0. The number of carbonyl (C=O) groups is 1. The van der Waals surface area contributed by atoms with Crippen molar-refractivity contribution >= 4 is 22.5 Å². The van der Waals surface area contributed by atoms with Crippen LogP contribution in [0.4, 0.5) is 5.69 Å². The number of ether oxygens (including phenoxy) is 1. The SMILES string of the molecule is C=CC(=O)Nc1ccc(C)c2c(=O)oc(OC(CCC)C3CC3)nc12. The molecule has 0 radical (unpaired) electrons. The van der Waals surface area contributed by atoms with Crippen LogP contribution in [0.5, 0.6) is 6.08 Å².